The number of halogens is 1. The Hall–Kier alpha value is -2.80. The fourth-order valence-corrected chi connectivity index (χ4v) is 2.19. The summed E-state index contributed by atoms with van der Waals surface area (Å²) in [5.74, 6) is -1.05. The largest absolute Gasteiger partial charge is 0.500 e. The van der Waals surface area contributed by atoms with Crippen LogP contribution in [0, 0.1) is 0 Å². The van der Waals surface area contributed by atoms with Crippen molar-refractivity contribution in [2.45, 2.75) is 6.42 Å². The minimum Gasteiger partial charge on any atom is -0.500 e. The number of methoxy groups -OCH3 is 2. The molecule has 0 saturated heterocycles. The van der Waals surface area contributed by atoms with Gasteiger partial charge in [-0.05, 0) is 17.7 Å². The lowest BCUT2D eigenvalue weighted by Gasteiger charge is -2.15. The SMILES string of the molecule is COC(=O)C1=C(OC)CC(=CNC(=O)c2cc(Cl)cnc2O)C=C1. The van der Waals surface area contributed by atoms with Gasteiger partial charge in [-0.2, -0.15) is 0 Å². The summed E-state index contributed by atoms with van der Waals surface area (Å²) < 4.78 is 9.86. The van der Waals surface area contributed by atoms with Crippen molar-refractivity contribution in [1.82, 2.24) is 10.3 Å². The number of rotatable bonds is 4. The molecule has 7 nitrogen and oxygen atoms in total. The van der Waals surface area contributed by atoms with Crippen molar-refractivity contribution in [3.8, 4) is 5.88 Å². The average molecular weight is 351 g/mol. The van der Waals surface area contributed by atoms with Gasteiger partial charge in [-0.25, -0.2) is 9.78 Å². The molecular weight excluding hydrogens is 336 g/mol. The summed E-state index contributed by atoms with van der Waals surface area (Å²) in [6.07, 6.45) is 6.19. The molecule has 0 unspecified atom stereocenters. The molecule has 0 atom stereocenters. The van der Waals surface area contributed by atoms with Crippen LogP contribution in [-0.2, 0) is 14.3 Å². The minimum atomic E-state index is -0.565. The van der Waals surface area contributed by atoms with Gasteiger partial charge in [0.2, 0.25) is 5.88 Å². The summed E-state index contributed by atoms with van der Waals surface area (Å²) in [6, 6.07) is 1.31. The lowest BCUT2D eigenvalue weighted by atomic mass is 10.0. The van der Waals surface area contributed by atoms with Crippen LogP contribution in [-0.4, -0.2) is 36.2 Å². The highest BCUT2D eigenvalue weighted by molar-refractivity contribution is 6.30. The van der Waals surface area contributed by atoms with Crippen LogP contribution in [0.3, 0.4) is 0 Å². The fraction of sp³-hybridized carbons (Fsp3) is 0.188. The molecule has 0 aliphatic heterocycles. The molecule has 0 bridgehead atoms. The van der Waals surface area contributed by atoms with Crippen molar-refractivity contribution < 1.29 is 24.2 Å². The van der Waals surface area contributed by atoms with Crippen molar-refractivity contribution in [2.24, 2.45) is 0 Å². The molecule has 0 aromatic carbocycles. The smallest absolute Gasteiger partial charge is 0.341 e. The zero-order valence-electron chi connectivity index (χ0n) is 13.0. The number of carbonyl (C=O) groups excluding carboxylic acids is 2. The van der Waals surface area contributed by atoms with Crippen LogP contribution in [0.15, 0.2) is 47.5 Å². The summed E-state index contributed by atoms with van der Waals surface area (Å²) in [5.41, 5.74) is 0.972. The van der Waals surface area contributed by atoms with Crippen LogP contribution in [0.1, 0.15) is 16.8 Å². The average Bonchev–Trinajstić information content (AvgIpc) is 2.60. The number of ether oxygens (including phenoxy) is 2. The first-order valence-corrected chi connectivity index (χ1v) is 7.22. The van der Waals surface area contributed by atoms with Gasteiger partial charge in [0.1, 0.15) is 11.3 Å². The van der Waals surface area contributed by atoms with Gasteiger partial charge in [-0.3, -0.25) is 4.79 Å². The van der Waals surface area contributed by atoms with Crippen LogP contribution in [0.2, 0.25) is 5.02 Å². The molecule has 1 heterocycles. The number of esters is 1. The normalized spacial score (nSPS) is 15.4. The first kappa shape index (κ1) is 17.6. The highest BCUT2D eigenvalue weighted by atomic mass is 35.5. The van der Waals surface area contributed by atoms with E-state index in [-0.39, 0.29) is 10.6 Å². The summed E-state index contributed by atoms with van der Waals surface area (Å²) >= 11 is 5.76. The molecule has 0 spiro atoms. The Balaban J connectivity index is 2.13. The van der Waals surface area contributed by atoms with Gasteiger partial charge in [0.15, 0.2) is 0 Å². The third kappa shape index (κ3) is 3.94. The van der Waals surface area contributed by atoms with Crippen LogP contribution >= 0.6 is 11.6 Å². The molecule has 2 N–H and O–H groups in total. The van der Waals surface area contributed by atoms with E-state index in [2.05, 4.69) is 15.0 Å². The van der Waals surface area contributed by atoms with E-state index in [9.17, 15) is 14.7 Å². The highest BCUT2D eigenvalue weighted by Gasteiger charge is 2.19. The Kier molecular flexibility index (Phi) is 5.59. The predicted octanol–water partition coefficient (Wildman–Crippen LogP) is 2.09. The zero-order chi connectivity index (χ0) is 17.7. The van der Waals surface area contributed by atoms with Gasteiger partial charge < -0.3 is 19.9 Å². The number of hydrogen-bond donors (Lipinski definition) is 2. The molecule has 0 fully saturated rings. The molecule has 0 radical (unpaired) electrons. The van der Waals surface area contributed by atoms with Gasteiger partial charge in [0.25, 0.3) is 5.91 Å². The predicted molar refractivity (Wildman–Crippen MR) is 86.3 cm³/mol. The molecule has 1 aromatic rings. The molecule has 24 heavy (non-hydrogen) atoms. The number of allylic oxidation sites excluding steroid dienone is 2. The standard InChI is InChI=1S/C16H15ClN2O5/c1-23-13-5-9(3-4-11(13)16(22)24-2)7-18-14(20)12-6-10(17)8-19-15(12)21/h3-4,6-8H,5H2,1-2H3,(H,18,20)(H,19,21). The van der Waals surface area contributed by atoms with Gasteiger partial charge in [-0.1, -0.05) is 17.7 Å². The molecule has 1 amide bonds. The van der Waals surface area contributed by atoms with E-state index in [0.717, 1.165) is 0 Å². The third-order valence-corrected chi connectivity index (χ3v) is 3.45. The Morgan fingerprint density at radius 2 is 2.12 bits per heavy atom. The molecule has 2 rings (SSSR count). The maximum Gasteiger partial charge on any atom is 0.341 e. The van der Waals surface area contributed by atoms with E-state index in [1.165, 1.54) is 32.7 Å². The molecule has 8 heteroatoms. The van der Waals surface area contributed by atoms with E-state index < -0.39 is 17.8 Å². The third-order valence-electron chi connectivity index (χ3n) is 3.25. The van der Waals surface area contributed by atoms with E-state index >= 15 is 0 Å². The molecular formula is C16H15ClN2O5. The second-order valence-corrected chi connectivity index (χ2v) is 5.20. The second-order valence-electron chi connectivity index (χ2n) is 4.76. The molecule has 1 aliphatic carbocycles. The maximum absolute atomic E-state index is 12.1. The summed E-state index contributed by atoms with van der Waals surface area (Å²) in [4.78, 5) is 27.3. The summed E-state index contributed by atoms with van der Waals surface area (Å²) in [6.45, 7) is 0. The van der Waals surface area contributed by atoms with Crippen LogP contribution in [0.5, 0.6) is 5.88 Å². The van der Waals surface area contributed by atoms with Gasteiger partial charge in [-0.15, -0.1) is 0 Å². The second kappa shape index (κ2) is 7.65. The number of carbonyl (C=O) groups is 2. The number of nitrogens with one attached hydrogen (secondary N) is 1. The molecule has 0 saturated carbocycles. The quantitative estimate of drug-likeness (QED) is 0.807. The van der Waals surface area contributed by atoms with Crippen molar-refractivity contribution in [1.29, 1.82) is 0 Å². The Labute approximate surface area is 143 Å². The molecule has 126 valence electrons. The summed E-state index contributed by atoms with van der Waals surface area (Å²) in [7, 11) is 2.73. The van der Waals surface area contributed by atoms with Gasteiger partial charge >= 0.3 is 5.97 Å². The number of amides is 1. The van der Waals surface area contributed by atoms with Crippen molar-refractivity contribution in [2.75, 3.05) is 14.2 Å². The number of nitrogens with zero attached hydrogens (tertiary/aromatic N) is 1. The molecule has 1 aromatic heterocycles. The summed E-state index contributed by atoms with van der Waals surface area (Å²) in [5, 5.41) is 12.4. The highest BCUT2D eigenvalue weighted by Crippen LogP contribution is 2.24. The topological polar surface area (TPSA) is 97.8 Å². The van der Waals surface area contributed by atoms with E-state index in [1.54, 1.807) is 12.2 Å². The van der Waals surface area contributed by atoms with E-state index in [4.69, 9.17) is 16.3 Å². The number of pyridine rings is 1. The van der Waals surface area contributed by atoms with Gasteiger partial charge in [0.05, 0.1) is 24.8 Å². The van der Waals surface area contributed by atoms with E-state index in [0.29, 0.717) is 23.3 Å². The zero-order valence-corrected chi connectivity index (χ0v) is 13.8. The Morgan fingerprint density at radius 1 is 1.38 bits per heavy atom. The Morgan fingerprint density at radius 3 is 2.79 bits per heavy atom. The Bertz CT molecular complexity index is 768. The number of hydrogen-bond acceptors (Lipinski definition) is 6. The number of aromatic nitrogens is 1. The van der Waals surface area contributed by atoms with Crippen LogP contribution in [0.4, 0.5) is 0 Å². The maximum atomic E-state index is 12.1. The van der Waals surface area contributed by atoms with Crippen molar-refractivity contribution >= 4 is 23.5 Å². The van der Waals surface area contributed by atoms with Crippen molar-refractivity contribution in [3.05, 3.63) is 58.1 Å². The number of aromatic hydroxyl groups is 1. The van der Waals surface area contributed by atoms with Gasteiger partial charge in [0, 0.05) is 18.8 Å². The fourth-order valence-electron chi connectivity index (χ4n) is 2.03. The monoisotopic (exact) mass is 350 g/mol. The van der Waals surface area contributed by atoms with Crippen LogP contribution < -0.4 is 5.32 Å². The lowest BCUT2D eigenvalue weighted by molar-refractivity contribution is -0.136. The minimum absolute atomic E-state index is 0.0445. The molecule has 1 aliphatic rings. The lowest BCUT2D eigenvalue weighted by Crippen LogP contribution is -2.19. The van der Waals surface area contributed by atoms with Crippen LogP contribution in [0.25, 0.3) is 0 Å². The first-order chi connectivity index (χ1) is 11.5. The first-order valence-electron chi connectivity index (χ1n) is 6.84. The van der Waals surface area contributed by atoms with Crippen molar-refractivity contribution in [3.63, 3.8) is 0 Å². The van der Waals surface area contributed by atoms with E-state index in [1.807, 2.05) is 0 Å².